The van der Waals surface area contributed by atoms with Crippen LogP contribution in [0.4, 0.5) is 22.0 Å². The second-order valence-corrected chi connectivity index (χ2v) is 7.70. The molecule has 0 aromatic heterocycles. The van der Waals surface area contributed by atoms with Gasteiger partial charge in [-0.1, -0.05) is 0 Å². The molecule has 0 aliphatic carbocycles. The quantitative estimate of drug-likeness (QED) is 0.655. The van der Waals surface area contributed by atoms with E-state index in [1.54, 1.807) is 5.32 Å². The Morgan fingerprint density at radius 1 is 1.19 bits per heavy atom. The van der Waals surface area contributed by atoms with Crippen molar-refractivity contribution in [2.24, 2.45) is 0 Å². The molecule has 12 heteroatoms. The van der Waals surface area contributed by atoms with E-state index >= 15 is 0 Å². The Hall–Kier alpha value is -1.79. The van der Waals surface area contributed by atoms with E-state index in [4.69, 9.17) is 0 Å². The molecule has 1 aromatic rings. The average Bonchev–Trinajstić information content (AvgIpc) is 2.52. The number of rotatable bonds is 5. The lowest BCUT2D eigenvalue weighted by atomic mass is 10.3. The van der Waals surface area contributed by atoms with Gasteiger partial charge in [0, 0.05) is 6.07 Å². The van der Waals surface area contributed by atoms with E-state index in [2.05, 4.69) is 0 Å². The molecule has 1 saturated heterocycles. The Kier molecular flexibility index (Phi) is 6.19. The number of hydrogen-bond acceptors (Lipinski definition) is 3. The van der Waals surface area contributed by atoms with Gasteiger partial charge in [-0.3, -0.25) is 4.79 Å². The summed E-state index contributed by atoms with van der Waals surface area (Å²) in [6.07, 6.45) is -4.50. The predicted octanol–water partition coefficient (Wildman–Crippen LogP) is -0.468. The molecule has 1 aliphatic rings. The summed E-state index contributed by atoms with van der Waals surface area (Å²) in [5.41, 5.74) is 0. The van der Waals surface area contributed by atoms with Gasteiger partial charge < -0.3 is 10.2 Å². The SMILES string of the molecule is O=C(C[NH+]1CCN(S(=O)(=O)c2ccc(F)cc2F)CC1)NCC(F)(F)F. The molecule has 0 unspecified atom stereocenters. The van der Waals surface area contributed by atoms with Crippen LogP contribution < -0.4 is 10.2 Å². The standard InChI is InChI=1S/C14H16F5N3O3S/c15-10-1-2-12(11(16)7-10)26(24,25)22-5-3-21(4-6-22)8-13(23)20-9-14(17,18)19/h1-2,7H,3-6,8-9H2,(H,20,23)/p+1. The van der Waals surface area contributed by atoms with E-state index in [1.807, 2.05) is 0 Å². The smallest absolute Gasteiger partial charge is 0.342 e. The monoisotopic (exact) mass is 402 g/mol. The number of benzene rings is 1. The highest BCUT2D eigenvalue weighted by atomic mass is 32.2. The van der Waals surface area contributed by atoms with E-state index in [0.29, 0.717) is 11.0 Å². The van der Waals surface area contributed by atoms with Crippen LogP contribution in [-0.4, -0.2) is 64.1 Å². The highest BCUT2D eigenvalue weighted by Gasteiger charge is 2.33. The number of hydrogen-bond donors (Lipinski definition) is 2. The number of carbonyl (C=O) groups is 1. The zero-order chi connectivity index (χ0) is 19.5. The summed E-state index contributed by atoms with van der Waals surface area (Å²) in [5, 5.41) is 1.75. The normalized spacial score (nSPS) is 17.3. The van der Waals surface area contributed by atoms with Crippen molar-refractivity contribution in [3.8, 4) is 0 Å². The Bertz CT molecular complexity index is 762. The fraction of sp³-hybridized carbons (Fsp3) is 0.500. The number of halogens is 5. The van der Waals surface area contributed by atoms with Crippen LogP contribution in [0, 0.1) is 11.6 Å². The summed E-state index contributed by atoms with van der Waals surface area (Å²) >= 11 is 0. The summed E-state index contributed by atoms with van der Waals surface area (Å²) in [6, 6.07) is 2.14. The Morgan fingerprint density at radius 2 is 1.81 bits per heavy atom. The molecule has 146 valence electrons. The highest BCUT2D eigenvalue weighted by Crippen LogP contribution is 2.20. The Labute approximate surface area is 146 Å². The van der Waals surface area contributed by atoms with Crippen LogP contribution in [0.25, 0.3) is 0 Å². The maximum absolute atomic E-state index is 13.7. The molecule has 1 aliphatic heterocycles. The highest BCUT2D eigenvalue weighted by molar-refractivity contribution is 7.89. The molecule has 1 aromatic carbocycles. The van der Waals surface area contributed by atoms with Crippen molar-refractivity contribution in [1.29, 1.82) is 0 Å². The summed E-state index contributed by atoms with van der Waals surface area (Å²) < 4.78 is 88.6. The van der Waals surface area contributed by atoms with E-state index in [9.17, 15) is 35.2 Å². The fourth-order valence-electron chi connectivity index (χ4n) is 2.53. The summed E-state index contributed by atoms with van der Waals surface area (Å²) in [7, 11) is -4.16. The van der Waals surface area contributed by atoms with Gasteiger partial charge in [-0.2, -0.15) is 17.5 Å². The van der Waals surface area contributed by atoms with Gasteiger partial charge in [-0.05, 0) is 12.1 Å². The molecule has 0 radical (unpaired) electrons. The maximum Gasteiger partial charge on any atom is 0.405 e. The van der Waals surface area contributed by atoms with Crippen LogP contribution in [0.3, 0.4) is 0 Å². The fourth-order valence-corrected chi connectivity index (χ4v) is 4.02. The first kappa shape index (κ1) is 20.5. The predicted molar refractivity (Wildman–Crippen MR) is 79.7 cm³/mol. The van der Waals surface area contributed by atoms with Gasteiger partial charge in [0.2, 0.25) is 10.0 Å². The van der Waals surface area contributed by atoms with Crippen LogP contribution in [-0.2, 0) is 14.8 Å². The van der Waals surface area contributed by atoms with Crippen molar-refractivity contribution < 1.29 is 40.1 Å². The average molecular weight is 402 g/mol. The molecule has 0 atom stereocenters. The van der Waals surface area contributed by atoms with Crippen LogP contribution >= 0.6 is 0 Å². The van der Waals surface area contributed by atoms with Crippen LogP contribution in [0.2, 0.25) is 0 Å². The lowest BCUT2D eigenvalue weighted by Gasteiger charge is -2.31. The van der Waals surface area contributed by atoms with E-state index in [-0.39, 0.29) is 32.7 Å². The number of carbonyl (C=O) groups excluding carboxylic acids is 1. The number of amides is 1. The summed E-state index contributed by atoms with van der Waals surface area (Å²) in [5.74, 6) is -2.90. The van der Waals surface area contributed by atoms with Crippen molar-refractivity contribution in [2.75, 3.05) is 39.3 Å². The number of nitrogens with zero attached hydrogens (tertiary/aromatic N) is 1. The molecule has 1 heterocycles. The van der Waals surface area contributed by atoms with Crippen molar-refractivity contribution >= 4 is 15.9 Å². The van der Waals surface area contributed by atoms with Crippen molar-refractivity contribution in [3.63, 3.8) is 0 Å². The van der Waals surface area contributed by atoms with Crippen LogP contribution in [0.1, 0.15) is 0 Å². The molecule has 0 spiro atoms. The Balaban J connectivity index is 1.92. The number of alkyl halides is 3. The van der Waals surface area contributed by atoms with E-state index < -0.39 is 45.2 Å². The first-order valence-electron chi connectivity index (χ1n) is 7.61. The summed E-state index contributed by atoms with van der Waals surface area (Å²) in [4.78, 5) is 11.4. The first-order valence-corrected chi connectivity index (χ1v) is 9.05. The third-order valence-corrected chi connectivity index (χ3v) is 5.77. The third-order valence-electron chi connectivity index (χ3n) is 3.84. The zero-order valence-electron chi connectivity index (χ0n) is 13.4. The van der Waals surface area contributed by atoms with E-state index in [1.165, 1.54) is 0 Å². The minimum Gasteiger partial charge on any atom is -0.342 e. The molecule has 0 bridgehead atoms. The minimum absolute atomic E-state index is 0.0406. The van der Waals surface area contributed by atoms with Gasteiger partial charge in [0.15, 0.2) is 6.54 Å². The molecule has 1 fully saturated rings. The molecule has 2 N–H and O–H groups in total. The second kappa shape index (κ2) is 7.84. The van der Waals surface area contributed by atoms with Gasteiger partial charge in [0.25, 0.3) is 5.91 Å². The van der Waals surface area contributed by atoms with Gasteiger partial charge in [-0.25, -0.2) is 17.2 Å². The van der Waals surface area contributed by atoms with Gasteiger partial charge in [-0.15, -0.1) is 0 Å². The van der Waals surface area contributed by atoms with Gasteiger partial charge in [0.1, 0.15) is 23.1 Å². The first-order chi connectivity index (χ1) is 12.0. The largest absolute Gasteiger partial charge is 0.405 e. The molecule has 26 heavy (non-hydrogen) atoms. The number of piperazine rings is 1. The second-order valence-electron chi connectivity index (χ2n) is 5.80. The molecular formula is C14H17F5N3O3S+. The minimum atomic E-state index is -4.50. The zero-order valence-corrected chi connectivity index (χ0v) is 14.3. The van der Waals surface area contributed by atoms with Gasteiger partial charge in [0.05, 0.1) is 26.2 Å². The van der Waals surface area contributed by atoms with Crippen molar-refractivity contribution in [2.45, 2.75) is 11.1 Å². The topological polar surface area (TPSA) is 70.9 Å². The van der Waals surface area contributed by atoms with Crippen LogP contribution in [0.5, 0.6) is 0 Å². The van der Waals surface area contributed by atoms with Crippen molar-refractivity contribution in [1.82, 2.24) is 9.62 Å². The summed E-state index contributed by atoms with van der Waals surface area (Å²) in [6.45, 7) is -1.40. The van der Waals surface area contributed by atoms with Crippen LogP contribution in [0.15, 0.2) is 23.1 Å². The van der Waals surface area contributed by atoms with Crippen molar-refractivity contribution in [3.05, 3.63) is 29.8 Å². The lowest BCUT2D eigenvalue weighted by molar-refractivity contribution is -0.895. The molecular weight excluding hydrogens is 385 g/mol. The number of sulfonamides is 1. The number of nitrogens with one attached hydrogen (secondary N) is 2. The lowest BCUT2D eigenvalue weighted by Crippen LogP contribution is -3.15. The molecule has 6 nitrogen and oxygen atoms in total. The Morgan fingerprint density at radius 3 is 2.35 bits per heavy atom. The maximum atomic E-state index is 13.7. The third kappa shape index (κ3) is 5.35. The van der Waals surface area contributed by atoms with E-state index in [0.717, 1.165) is 16.4 Å². The number of quaternary nitrogens is 1. The molecule has 2 rings (SSSR count). The van der Waals surface area contributed by atoms with Gasteiger partial charge >= 0.3 is 6.18 Å². The molecule has 0 saturated carbocycles. The molecule has 1 amide bonds.